The van der Waals surface area contributed by atoms with Gasteiger partial charge in [-0.1, -0.05) is 23.2 Å². The molecule has 0 aliphatic carbocycles. The molecule has 1 saturated heterocycles. The molecule has 3 rings (SSSR count). The van der Waals surface area contributed by atoms with Crippen molar-refractivity contribution in [3.05, 3.63) is 39.8 Å². The molecule has 0 saturated carbocycles. The molecule has 9 heteroatoms. The molecule has 2 heterocycles. The molecule has 1 aliphatic heterocycles. The molecule has 0 N–H and O–H groups in total. The average molecular weight is 378 g/mol. The van der Waals surface area contributed by atoms with E-state index < -0.39 is 10.0 Å². The lowest BCUT2D eigenvalue weighted by molar-refractivity contribution is 0.385. The first-order chi connectivity index (χ1) is 10.5. The minimum absolute atomic E-state index is 0.132. The van der Waals surface area contributed by atoms with E-state index in [1.807, 2.05) is 5.38 Å². The molecule has 0 atom stereocenters. The van der Waals surface area contributed by atoms with Gasteiger partial charge in [-0.15, -0.1) is 11.3 Å². The van der Waals surface area contributed by atoms with Crippen molar-refractivity contribution in [2.45, 2.75) is 4.90 Å². The normalized spacial score (nSPS) is 16.9. The summed E-state index contributed by atoms with van der Waals surface area (Å²) in [5.74, 6) is 0. The van der Waals surface area contributed by atoms with Crippen molar-refractivity contribution in [1.82, 2.24) is 9.29 Å². The Hall–Kier alpha value is -0.860. The first-order valence-electron chi connectivity index (χ1n) is 6.57. The van der Waals surface area contributed by atoms with Crippen molar-refractivity contribution >= 4 is 49.7 Å². The van der Waals surface area contributed by atoms with Crippen LogP contribution in [0.3, 0.4) is 0 Å². The Morgan fingerprint density at radius 1 is 1.05 bits per heavy atom. The van der Waals surface area contributed by atoms with Crippen molar-refractivity contribution in [3.8, 4) is 0 Å². The lowest BCUT2D eigenvalue weighted by Gasteiger charge is -2.33. The standard InChI is InChI=1S/C13H13Cl2N3O2S2/c14-10-7-11(15)9-12(8-10)22(19,20)18-4-2-17(3-5-18)13-16-1-6-21-13/h1,6-9H,2-5H2. The highest BCUT2D eigenvalue weighted by molar-refractivity contribution is 7.89. The monoisotopic (exact) mass is 377 g/mol. The van der Waals surface area contributed by atoms with Crippen LogP contribution in [0, 0.1) is 0 Å². The molecule has 1 fully saturated rings. The second-order valence-electron chi connectivity index (χ2n) is 4.81. The lowest BCUT2D eigenvalue weighted by Crippen LogP contribution is -2.48. The van der Waals surface area contributed by atoms with E-state index in [0.29, 0.717) is 36.2 Å². The van der Waals surface area contributed by atoms with Crippen LogP contribution >= 0.6 is 34.5 Å². The highest BCUT2D eigenvalue weighted by atomic mass is 35.5. The molecule has 0 spiro atoms. The van der Waals surface area contributed by atoms with Crippen LogP contribution in [0.25, 0.3) is 0 Å². The Balaban J connectivity index is 1.77. The number of nitrogens with zero attached hydrogens (tertiary/aromatic N) is 3. The molecule has 1 aromatic carbocycles. The van der Waals surface area contributed by atoms with E-state index in [-0.39, 0.29) is 4.90 Å². The Morgan fingerprint density at radius 3 is 2.23 bits per heavy atom. The van der Waals surface area contributed by atoms with Crippen LogP contribution in [0.2, 0.25) is 10.0 Å². The third-order valence-electron chi connectivity index (χ3n) is 3.40. The number of thiazole rings is 1. The number of anilines is 1. The fourth-order valence-electron chi connectivity index (χ4n) is 2.32. The lowest BCUT2D eigenvalue weighted by atomic mass is 10.4. The number of benzene rings is 1. The Kier molecular flexibility index (Phi) is 4.61. The third-order valence-corrected chi connectivity index (χ3v) is 6.55. The summed E-state index contributed by atoms with van der Waals surface area (Å²) in [6.45, 7) is 2.04. The SMILES string of the molecule is O=S(=O)(c1cc(Cl)cc(Cl)c1)N1CCN(c2nccs2)CC1. The first-order valence-corrected chi connectivity index (χ1v) is 9.65. The van der Waals surface area contributed by atoms with Crippen LogP contribution < -0.4 is 4.90 Å². The largest absolute Gasteiger partial charge is 0.345 e. The van der Waals surface area contributed by atoms with E-state index in [2.05, 4.69) is 9.88 Å². The predicted octanol–water partition coefficient (Wildman–Crippen LogP) is 2.96. The zero-order chi connectivity index (χ0) is 15.7. The van der Waals surface area contributed by atoms with E-state index in [1.54, 1.807) is 17.5 Å². The second-order valence-corrected chi connectivity index (χ2v) is 8.49. The van der Waals surface area contributed by atoms with E-state index in [9.17, 15) is 8.42 Å². The Morgan fingerprint density at radius 2 is 1.68 bits per heavy atom. The van der Waals surface area contributed by atoms with Gasteiger partial charge in [-0.25, -0.2) is 13.4 Å². The summed E-state index contributed by atoms with van der Waals surface area (Å²) in [7, 11) is -3.58. The molecule has 0 bridgehead atoms. The fraction of sp³-hybridized carbons (Fsp3) is 0.308. The van der Waals surface area contributed by atoms with Crippen LogP contribution in [0.5, 0.6) is 0 Å². The van der Waals surface area contributed by atoms with E-state index in [4.69, 9.17) is 23.2 Å². The highest BCUT2D eigenvalue weighted by Crippen LogP contribution is 2.26. The van der Waals surface area contributed by atoms with Crippen LogP contribution in [-0.4, -0.2) is 43.9 Å². The molecule has 2 aromatic rings. The number of aromatic nitrogens is 1. The topological polar surface area (TPSA) is 53.5 Å². The number of halogens is 2. The van der Waals surface area contributed by atoms with Crippen LogP contribution in [-0.2, 0) is 10.0 Å². The predicted molar refractivity (Wildman–Crippen MR) is 89.5 cm³/mol. The van der Waals surface area contributed by atoms with Gasteiger partial charge < -0.3 is 4.90 Å². The minimum Gasteiger partial charge on any atom is -0.345 e. The van der Waals surface area contributed by atoms with Gasteiger partial charge in [-0.2, -0.15) is 4.31 Å². The zero-order valence-electron chi connectivity index (χ0n) is 11.4. The summed E-state index contributed by atoms with van der Waals surface area (Å²) in [5, 5.41) is 3.45. The van der Waals surface area contributed by atoms with Gasteiger partial charge in [-0.3, -0.25) is 0 Å². The fourth-order valence-corrected chi connectivity index (χ4v) is 5.16. The second kappa shape index (κ2) is 6.33. The zero-order valence-corrected chi connectivity index (χ0v) is 14.6. The van der Waals surface area contributed by atoms with Crippen molar-refractivity contribution in [2.24, 2.45) is 0 Å². The maximum atomic E-state index is 12.7. The smallest absolute Gasteiger partial charge is 0.243 e. The van der Waals surface area contributed by atoms with Gasteiger partial charge >= 0.3 is 0 Å². The Labute approximate surface area is 143 Å². The molecule has 0 amide bonds. The number of hydrogen-bond donors (Lipinski definition) is 0. The maximum Gasteiger partial charge on any atom is 0.243 e. The van der Waals surface area contributed by atoms with E-state index >= 15 is 0 Å². The van der Waals surface area contributed by atoms with Gasteiger partial charge in [0.05, 0.1) is 4.90 Å². The van der Waals surface area contributed by atoms with Gasteiger partial charge in [0.1, 0.15) is 0 Å². The molecule has 0 radical (unpaired) electrons. The van der Waals surface area contributed by atoms with Gasteiger partial charge in [0.2, 0.25) is 10.0 Å². The summed E-state index contributed by atoms with van der Waals surface area (Å²) < 4.78 is 26.8. The molecule has 5 nitrogen and oxygen atoms in total. The number of rotatable bonds is 3. The van der Waals surface area contributed by atoms with Gasteiger partial charge in [0.25, 0.3) is 0 Å². The van der Waals surface area contributed by atoms with Crippen molar-refractivity contribution in [2.75, 3.05) is 31.1 Å². The highest BCUT2D eigenvalue weighted by Gasteiger charge is 2.29. The minimum atomic E-state index is -3.58. The average Bonchev–Trinajstić information content (AvgIpc) is 3.00. The first kappa shape index (κ1) is 16.0. The van der Waals surface area contributed by atoms with Gasteiger partial charge in [0, 0.05) is 47.8 Å². The van der Waals surface area contributed by atoms with Crippen LogP contribution in [0.4, 0.5) is 5.13 Å². The number of hydrogen-bond acceptors (Lipinski definition) is 5. The summed E-state index contributed by atoms with van der Waals surface area (Å²) >= 11 is 13.4. The van der Waals surface area contributed by atoms with E-state index in [0.717, 1.165) is 5.13 Å². The number of piperazine rings is 1. The molecule has 0 unspecified atom stereocenters. The molecule has 118 valence electrons. The van der Waals surface area contributed by atoms with Gasteiger partial charge in [0.15, 0.2) is 5.13 Å². The molecular formula is C13H13Cl2N3O2S2. The summed E-state index contributed by atoms with van der Waals surface area (Å²) in [6.07, 6.45) is 1.75. The number of sulfonamides is 1. The van der Waals surface area contributed by atoms with Crippen molar-refractivity contribution in [3.63, 3.8) is 0 Å². The van der Waals surface area contributed by atoms with Crippen LogP contribution in [0.15, 0.2) is 34.7 Å². The molecule has 1 aliphatic rings. The van der Waals surface area contributed by atoms with Crippen LogP contribution in [0.1, 0.15) is 0 Å². The quantitative estimate of drug-likeness (QED) is 0.824. The molecular weight excluding hydrogens is 365 g/mol. The summed E-state index contributed by atoms with van der Waals surface area (Å²) in [4.78, 5) is 6.47. The van der Waals surface area contributed by atoms with Crippen molar-refractivity contribution in [1.29, 1.82) is 0 Å². The van der Waals surface area contributed by atoms with E-state index in [1.165, 1.54) is 22.5 Å². The maximum absolute atomic E-state index is 12.7. The molecule has 1 aromatic heterocycles. The van der Waals surface area contributed by atoms with Gasteiger partial charge in [-0.05, 0) is 18.2 Å². The third kappa shape index (κ3) is 3.23. The summed E-state index contributed by atoms with van der Waals surface area (Å²) in [6, 6.07) is 4.37. The Bertz CT molecular complexity index is 737. The summed E-state index contributed by atoms with van der Waals surface area (Å²) in [5.41, 5.74) is 0. The molecule has 22 heavy (non-hydrogen) atoms. The van der Waals surface area contributed by atoms with Crippen molar-refractivity contribution < 1.29 is 8.42 Å².